The Labute approximate surface area is 412 Å². The molecule has 2 aliphatic carbocycles. The Kier molecular flexibility index (Phi) is 13.0. The van der Waals surface area contributed by atoms with Gasteiger partial charge in [-0.15, -0.1) is 0 Å². The smallest absolute Gasteiger partial charge is 0.435 e. The van der Waals surface area contributed by atoms with Crippen molar-refractivity contribution >= 4 is 56.1 Å². The third-order valence-corrected chi connectivity index (χ3v) is 14.0. The van der Waals surface area contributed by atoms with Gasteiger partial charge in [0.25, 0.3) is 5.92 Å². The van der Waals surface area contributed by atoms with Crippen molar-refractivity contribution in [3.8, 4) is 16.9 Å². The summed E-state index contributed by atoms with van der Waals surface area (Å²) in [7, 11) is -4.86. The number of aromatic hydroxyl groups is 1. The van der Waals surface area contributed by atoms with Crippen LogP contribution in [0.5, 0.6) is 5.75 Å². The largest absolute Gasteiger partial charge is 0.508 e. The lowest BCUT2D eigenvalue weighted by Crippen LogP contribution is -2.40. The fourth-order valence-electron chi connectivity index (χ4n) is 9.90. The predicted octanol–water partition coefficient (Wildman–Crippen LogP) is 9.80. The van der Waals surface area contributed by atoms with Crippen molar-refractivity contribution in [1.82, 2.24) is 29.9 Å². The van der Waals surface area contributed by atoms with E-state index in [-0.39, 0.29) is 60.2 Å². The highest BCUT2D eigenvalue weighted by atomic mass is 35.5. The number of sulfonamides is 1. The monoisotopic (exact) mass is 1070 g/mol. The van der Waals surface area contributed by atoms with Gasteiger partial charge in [0.05, 0.1) is 39.5 Å². The average Bonchev–Trinajstić information content (AvgIpc) is 3.74. The van der Waals surface area contributed by atoms with Crippen molar-refractivity contribution in [1.29, 1.82) is 0 Å². The first-order valence-electron chi connectivity index (χ1n) is 21.8. The van der Waals surface area contributed by atoms with Crippen LogP contribution >= 0.6 is 11.6 Å². The maximum atomic E-state index is 15.5. The number of amides is 2. The van der Waals surface area contributed by atoms with E-state index in [0.29, 0.717) is 17.0 Å². The van der Waals surface area contributed by atoms with Gasteiger partial charge < -0.3 is 15.5 Å². The van der Waals surface area contributed by atoms with Crippen LogP contribution in [0.1, 0.15) is 94.0 Å². The molecule has 6 aromatic rings. The van der Waals surface area contributed by atoms with Gasteiger partial charge in [0.2, 0.25) is 21.8 Å². The number of pyridine rings is 1. The molecule has 3 N–H and O–H groups in total. The summed E-state index contributed by atoms with van der Waals surface area (Å²) in [5, 5.41) is 29.3. The Bertz CT molecular complexity index is 3370. The molecule has 3 aromatic heterocycles. The van der Waals surface area contributed by atoms with Crippen molar-refractivity contribution < 1.29 is 76.9 Å². The van der Waals surface area contributed by atoms with E-state index in [4.69, 9.17) is 11.6 Å². The maximum absolute atomic E-state index is 15.5. The minimum atomic E-state index is -5.19. The lowest BCUT2D eigenvalue weighted by Gasteiger charge is -2.30. The number of benzene rings is 3. The molecule has 3 heterocycles. The lowest BCUT2D eigenvalue weighted by atomic mass is 9.78. The van der Waals surface area contributed by atoms with Crippen molar-refractivity contribution in [2.24, 2.45) is 5.92 Å². The molecular weight excluding hydrogens is 1030 g/mol. The molecule has 73 heavy (non-hydrogen) atoms. The Balaban J connectivity index is 1.27. The molecule has 0 bridgehead atoms. The van der Waals surface area contributed by atoms with E-state index in [1.165, 1.54) is 52.0 Å². The number of aryl methyl sites for hydroxylation is 2. The van der Waals surface area contributed by atoms with Crippen LogP contribution in [-0.2, 0) is 56.6 Å². The van der Waals surface area contributed by atoms with Gasteiger partial charge in [-0.1, -0.05) is 37.6 Å². The predicted molar refractivity (Wildman–Crippen MR) is 241 cm³/mol. The Hall–Kier alpha value is -6.76. The van der Waals surface area contributed by atoms with E-state index in [0.717, 1.165) is 24.3 Å². The molecule has 8 rings (SSSR count). The van der Waals surface area contributed by atoms with Gasteiger partial charge in [0.1, 0.15) is 36.2 Å². The molecule has 0 saturated heterocycles. The quantitative estimate of drug-likeness (QED) is 0.0886. The lowest BCUT2D eigenvalue weighted by molar-refractivity contribution is -0.143. The van der Waals surface area contributed by atoms with Gasteiger partial charge in [-0.3, -0.25) is 23.9 Å². The van der Waals surface area contributed by atoms with Crippen LogP contribution < -0.4 is 9.62 Å². The zero-order valence-corrected chi connectivity index (χ0v) is 40.2. The summed E-state index contributed by atoms with van der Waals surface area (Å²) in [6.07, 6.45) is -11.4. The van der Waals surface area contributed by atoms with Crippen LogP contribution in [0.25, 0.3) is 22.0 Å². The standard InChI is InChI=1S/C47H40ClF10N7O7S/c1-20-10-23(43(69)70)14-32(66)37(20)44(3,4)17-34(68)65(73(5,71)72)42-36-30(48)9-8-27(39(36)64(62-42)19-45(51,52)53)26-7-6-21(2)59-38(26)31(13-22-11-24(49)15-25(50)12-22)60-33(67)18-63-41-35(40(61-63)47(56,57)58)28-16-29(28)46(41,54)55/h6-12,14-15,28-29,31,66H,13,16-19H2,1-5H3,(H,60,67)(H,69,70)/t28?,29-,31+/m1/s1. The number of carboxylic acids is 1. The van der Waals surface area contributed by atoms with Crippen LogP contribution in [0.2, 0.25) is 5.02 Å². The average molecular weight is 1070 g/mol. The first-order valence-corrected chi connectivity index (χ1v) is 24.0. The molecule has 1 unspecified atom stereocenters. The number of alkyl halides is 8. The number of hydrogen-bond acceptors (Lipinski definition) is 9. The number of phenols is 1. The summed E-state index contributed by atoms with van der Waals surface area (Å²) >= 11 is 6.70. The second-order valence-electron chi connectivity index (χ2n) is 18.7. The minimum absolute atomic E-state index is 0.0306. The molecule has 2 amide bonds. The summed E-state index contributed by atoms with van der Waals surface area (Å²) < 4.78 is 175. The third-order valence-electron chi connectivity index (χ3n) is 12.6. The van der Waals surface area contributed by atoms with Gasteiger partial charge in [-0.2, -0.15) is 49.6 Å². The normalized spacial score (nSPS) is 16.8. The summed E-state index contributed by atoms with van der Waals surface area (Å²) in [4.78, 5) is 44.7. The van der Waals surface area contributed by atoms with Crippen molar-refractivity contribution in [2.45, 2.75) is 95.7 Å². The number of carbonyl (C=O) groups excluding carboxylic acids is 2. The summed E-state index contributed by atoms with van der Waals surface area (Å²) in [6, 6.07) is 7.66. The maximum Gasteiger partial charge on any atom is 0.435 e. The number of anilines is 1. The van der Waals surface area contributed by atoms with Gasteiger partial charge in [0.15, 0.2) is 11.5 Å². The number of rotatable bonds is 14. The van der Waals surface area contributed by atoms with Crippen LogP contribution in [0.15, 0.2) is 54.6 Å². The molecule has 0 aliphatic heterocycles. The number of hydrogen-bond donors (Lipinski definition) is 3. The van der Waals surface area contributed by atoms with Crippen molar-refractivity contribution in [3.05, 3.63) is 122 Å². The van der Waals surface area contributed by atoms with Crippen LogP contribution in [0.4, 0.5) is 49.7 Å². The second-order valence-corrected chi connectivity index (χ2v) is 21.0. The molecule has 2 aliphatic rings. The molecule has 0 radical (unpaired) electrons. The number of fused-ring (bicyclic) bond motifs is 4. The fourth-order valence-corrected chi connectivity index (χ4v) is 11.0. The van der Waals surface area contributed by atoms with Gasteiger partial charge in [-0.25, -0.2) is 22.0 Å². The number of nitrogens with zero attached hydrogens (tertiary/aromatic N) is 6. The fraction of sp³-hybridized carbons (Fsp3) is 0.362. The van der Waals surface area contributed by atoms with E-state index in [2.05, 4.69) is 20.5 Å². The number of nitrogens with one attached hydrogen (secondary N) is 1. The topological polar surface area (TPSA) is 190 Å². The van der Waals surface area contributed by atoms with E-state index >= 15 is 8.78 Å². The first kappa shape index (κ1) is 52.6. The Morgan fingerprint density at radius 1 is 0.945 bits per heavy atom. The molecule has 388 valence electrons. The molecule has 14 nitrogen and oxygen atoms in total. The molecule has 3 aromatic carbocycles. The van der Waals surface area contributed by atoms with E-state index in [1.54, 1.807) is 0 Å². The van der Waals surface area contributed by atoms with E-state index < -0.39 is 151 Å². The highest BCUT2D eigenvalue weighted by Crippen LogP contribution is 2.68. The molecule has 0 spiro atoms. The first-order chi connectivity index (χ1) is 33.7. The number of carboxylic acid groups (broad SMARTS) is 1. The molecule has 1 fully saturated rings. The number of carbonyl (C=O) groups is 3. The van der Waals surface area contributed by atoms with E-state index in [1.807, 2.05) is 0 Å². The number of aromatic carboxylic acids is 1. The molecule has 26 heteroatoms. The highest BCUT2D eigenvalue weighted by molar-refractivity contribution is 7.92. The van der Waals surface area contributed by atoms with Gasteiger partial charge >= 0.3 is 18.3 Å². The molecular formula is C47H40ClF10N7O7S. The van der Waals surface area contributed by atoms with Crippen LogP contribution in [-0.4, -0.2) is 73.4 Å². The van der Waals surface area contributed by atoms with Gasteiger partial charge in [0, 0.05) is 51.8 Å². The zero-order chi connectivity index (χ0) is 53.8. The number of halogens is 11. The van der Waals surface area contributed by atoms with Crippen molar-refractivity contribution in [3.63, 3.8) is 0 Å². The van der Waals surface area contributed by atoms with Crippen molar-refractivity contribution in [2.75, 3.05) is 10.6 Å². The molecule has 3 atom stereocenters. The Morgan fingerprint density at radius 3 is 2.18 bits per heavy atom. The van der Waals surface area contributed by atoms with Crippen LogP contribution in [0.3, 0.4) is 0 Å². The third kappa shape index (κ3) is 10.0. The SMILES string of the molecule is Cc1ccc(-c2ccc(Cl)c3c(N(C(=O)CC(C)(C)c4c(C)cc(C(=O)O)cc4O)S(C)(=O)=O)nn(CC(F)(F)F)c23)c([C@H](Cc2cc(F)cc(F)c2)NC(=O)Cn2nc(C(F)(F)F)c3c2C(F)(F)[C@@H]2CC32)n1. The van der Waals surface area contributed by atoms with Gasteiger partial charge in [-0.05, 0) is 80.1 Å². The second kappa shape index (κ2) is 18.0. The summed E-state index contributed by atoms with van der Waals surface area (Å²) in [5.74, 6) is -14.0. The Morgan fingerprint density at radius 2 is 1.59 bits per heavy atom. The minimum Gasteiger partial charge on any atom is -0.508 e. The molecule has 1 saturated carbocycles. The van der Waals surface area contributed by atoms with Crippen LogP contribution in [0, 0.1) is 31.4 Å². The number of aromatic nitrogens is 5. The number of phenolic OH excluding ortho intramolecular Hbond substituents is 1. The van der Waals surface area contributed by atoms with E-state index in [9.17, 15) is 68.1 Å². The summed E-state index contributed by atoms with van der Waals surface area (Å²) in [6.45, 7) is 2.50. The highest BCUT2D eigenvalue weighted by Gasteiger charge is 2.68. The summed E-state index contributed by atoms with van der Waals surface area (Å²) in [5.41, 5.74) is -6.35. The zero-order valence-electron chi connectivity index (χ0n) is 38.6.